The number of thiophene rings is 1. The van der Waals surface area contributed by atoms with Crippen LogP contribution in [0, 0.1) is 5.92 Å². The van der Waals surface area contributed by atoms with E-state index in [-0.39, 0.29) is 6.04 Å². The summed E-state index contributed by atoms with van der Waals surface area (Å²) in [5.74, 6) is 1.13. The minimum absolute atomic E-state index is 0.0901. The van der Waals surface area contributed by atoms with Crippen molar-refractivity contribution in [3.05, 3.63) is 17.0 Å². The maximum absolute atomic E-state index is 12.6. The number of piperidine rings is 1. The van der Waals surface area contributed by atoms with E-state index in [1.54, 1.807) is 10.4 Å². The van der Waals surface area contributed by atoms with Gasteiger partial charge in [0.1, 0.15) is 4.21 Å². The van der Waals surface area contributed by atoms with Gasteiger partial charge in [0.05, 0.1) is 0 Å². The van der Waals surface area contributed by atoms with Crippen LogP contribution >= 0.6 is 22.9 Å². The third-order valence-electron chi connectivity index (χ3n) is 3.62. The zero-order valence-corrected chi connectivity index (χ0v) is 13.7. The van der Waals surface area contributed by atoms with E-state index in [0.29, 0.717) is 22.6 Å². The molecule has 1 fully saturated rings. The molecule has 6 heteroatoms. The number of rotatable bonds is 4. The molecule has 0 N–H and O–H groups in total. The molecule has 1 aliphatic heterocycles. The van der Waals surface area contributed by atoms with Gasteiger partial charge in [0, 0.05) is 23.3 Å². The normalized spacial score (nSPS) is 25.6. The minimum Gasteiger partial charge on any atom is -0.206 e. The highest BCUT2D eigenvalue weighted by molar-refractivity contribution is 7.91. The Kier molecular flexibility index (Phi) is 4.93. The van der Waals surface area contributed by atoms with Crippen LogP contribution in [-0.4, -0.2) is 31.2 Å². The van der Waals surface area contributed by atoms with Gasteiger partial charge >= 0.3 is 0 Å². The average molecular weight is 322 g/mol. The third-order valence-corrected chi connectivity index (χ3v) is 7.43. The molecular formula is C13H20ClNO2S2. The predicted molar refractivity (Wildman–Crippen MR) is 80.5 cm³/mol. The van der Waals surface area contributed by atoms with Crippen molar-refractivity contribution >= 4 is 33.0 Å². The second-order valence-electron chi connectivity index (χ2n) is 5.25. The van der Waals surface area contributed by atoms with Gasteiger partial charge in [-0.05, 0) is 44.2 Å². The summed E-state index contributed by atoms with van der Waals surface area (Å²) in [5, 5.41) is 0. The van der Waals surface area contributed by atoms with E-state index in [0.717, 1.165) is 24.1 Å². The zero-order valence-electron chi connectivity index (χ0n) is 11.3. The SMILES string of the molecule is CC1CCN(S(=O)(=O)c2ccc(CCCl)s2)C(C)C1. The van der Waals surface area contributed by atoms with Gasteiger partial charge in [-0.2, -0.15) is 4.31 Å². The Morgan fingerprint density at radius 1 is 1.42 bits per heavy atom. The largest absolute Gasteiger partial charge is 0.252 e. The number of aryl methyl sites for hydroxylation is 1. The summed E-state index contributed by atoms with van der Waals surface area (Å²) in [4.78, 5) is 1.03. The number of alkyl halides is 1. The molecule has 1 aliphatic rings. The van der Waals surface area contributed by atoms with Gasteiger partial charge in [-0.3, -0.25) is 0 Å². The van der Waals surface area contributed by atoms with E-state index in [1.807, 2.05) is 13.0 Å². The molecule has 3 nitrogen and oxygen atoms in total. The van der Waals surface area contributed by atoms with Crippen molar-refractivity contribution in [1.82, 2.24) is 4.31 Å². The summed E-state index contributed by atoms with van der Waals surface area (Å²) in [6.45, 7) is 4.82. The van der Waals surface area contributed by atoms with Gasteiger partial charge in [0.2, 0.25) is 0 Å². The van der Waals surface area contributed by atoms with Gasteiger partial charge in [-0.1, -0.05) is 6.92 Å². The van der Waals surface area contributed by atoms with Gasteiger partial charge < -0.3 is 0 Å². The van der Waals surface area contributed by atoms with E-state index < -0.39 is 10.0 Å². The van der Waals surface area contributed by atoms with Crippen LogP contribution in [0.3, 0.4) is 0 Å². The van der Waals surface area contributed by atoms with Gasteiger partial charge in [0.25, 0.3) is 10.0 Å². The van der Waals surface area contributed by atoms with Crippen molar-refractivity contribution in [2.75, 3.05) is 12.4 Å². The molecule has 0 amide bonds. The summed E-state index contributed by atoms with van der Waals surface area (Å²) in [6, 6.07) is 3.68. The molecule has 1 saturated heterocycles. The third kappa shape index (κ3) is 3.32. The molecule has 2 atom stereocenters. The van der Waals surface area contributed by atoms with Crippen LogP contribution in [0.4, 0.5) is 0 Å². The summed E-state index contributed by atoms with van der Waals surface area (Å²) >= 11 is 7.04. The minimum atomic E-state index is -3.32. The molecule has 2 unspecified atom stereocenters. The zero-order chi connectivity index (χ0) is 14.0. The second kappa shape index (κ2) is 6.12. The molecule has 19 heavy (non-hydrogen) atoms. The lowest BCUT2D eigenvalue weighted by atomic mass is 9.95. The maximum atomic E-state index is 12.6. The Morgan fingerprint density at radius 3 is 2.79 bits per heavy atom. The van der Waals surface area contributed by atoms with Crippen LogP contribution in [0.1, 0.15) is 31.6 Å². The van der Waals surface area contributed by atoms with E-state index in [9.17, 15) is 8.42 Å². The molecule has 0 radical (unpaired) electrons. The second-order valence-corrected chi connectivity index (χ2v) is 8.92. The van der Waals surface area contributed by atoms with Crippen LogP contribution in [0.15, 0.2) is 16.3 Å². The van der Waals surface area contributed by atoms with E-state index in [1.165, 1.54) is 11.3 Å². The summed E-state index contributed by atoms with van der Waals surface area (Å²) in [6.07, 6.45) is 2.62. The molecular weight excluding hydrogens is 302 g/mol. The van der Waals surface area contributed by atoms with Crippen molar-refractivity contribution in [3.8, 4) is 0 Å². The number of halogens is 1. The highest BCUT2D eigenvalue weighted by Gasteiger charge is 2.33. The lowest BCUT2D eigenvalue weighted by molar-refractivity contribution is 0.220. The summed E-state index contributed by atoms with van der Waals surface area (Å²) < 4.78 is 27.4. The van der Waals surface area contributed by atoms with Crippen LogP contribution < -0.4 is 0 Å². The lowest BCUT2D eigenvalue weighted by Crippen LogP contribution is -2.43. The first-order chi connectivity index (χ1) is 8.95. The highest BCUT2D eigenvalue weighted by Crippen LogP contribution is 2.31. The monoisotopic (exact) mass is 321 g/mol. The smallest absolute Gasteiger partial charge is 0.206 e. The number of sulfonamides is 1. The highest BCUT2D eigenvalue weighted by atomic mass is 35.5. The molecule has 0 spiro atoms. The van der Waals surface area contributed by atoms with Crippen molar-refractivity contribution in [2.24, 2.45) is 5.92 Å². The van der Waals surface area contributed by atoms with Crippen LogP contribution in [0.2, 0.25) is 0 Å². The van der Waals surface area contributed by atoms with Crippen molar-refractivity contribution in [3.63, 3.8) is 0 Å². The molecule has 0 saturated carbocycles. The average Bonchev–Trinajstić information content (AvgIpc) is 2.78. The quantitative estimate of drug-likeness (QED) is 0.798. The first-order valence-electron chi connectivity index (χ1n) is 6.61. The predicted octanol–water partition coefficient (Wildman–Crippen LogP) is 3.34. The molecule has 1 aromatic rings. The van der Waals surface area contributed by atoms with Gasteiger partial charge in [-0.15, -0.1) is 22.9 Å². The van der Waals surface area contributed by atoms with Crippen LogP contribution in [0.25, 0.3) is 0 Å². The van der Waals surface area contributed by atoms with Crippen LogP contribution in [-0.2, 0) is 16.4 Å². The molecule has 2 rings (SSSR count). The van der Waals surface area contributed by atoms with E-state index in [4.69, 9.17) is 11.6 Å². The molecule has 0 aliphatic carbocycles. The lowest BCUT2D eigenvalue weighted by Gasteiger charge is -2.35. The Morgan fingerprint density at radius 2 is 2.16 bits per heavy atom. The molecule has 1 aromatic heterocycles. The topological polar surface area (TPSA) is 37.4 Å². The van der Waals surface area contributed by atoms with Gasteiger partial charge in [-0.25, -0.2) is 8.42 Å². The van der Waals surface area contributed by atoms with Crippen LogP contribution in [0.5, 0.6) is 0 Å². The van der Waals surface area contributed by atoms with E-state index >= 15 is 0 Å². The summed E-state index contributed by atoms with van der Waals surface area (Å²) in [7, 11) is -3.32. The first kappa shape index (κ1) is 15.3. The van der Waals surface area contributed by atoms with Crippen molar-refractivity contribution in [2.45, 2.75) is 43.4 Å². The van der Waals surface area contributed by atoms with Gasteiger partial charge in [0.15, 0.2) is 0 Å². The fraction of sp³-hybridized carbons (Fsp3) is 0.692. The molecule has 0 aromatic carbocycles. The summed E-state index contributed by atoms with van der Waals surface area (Å²) in [5.41, 5.74) is 0. The van der Waals surface area contributed by atoms with Crippen molar-refractivity contribution < 1.29 is 8.42 Å². The Hall–Kier alpha value is -0.100. The maximum Gasteiger partial charge on any atom is 0.252 e. The van der Waals surface area contributed by atoms with E-state index in [2.05, 4.69) is 6.92 Å². The molecule has 108 valence electrons. The standard InChI is InChI=1S/C13H20ClNO2S2/c1-10-6-8-15(11(2)9-10)19(16,17)13-4-3-12(18-13)5-7-14/h3-4,10-11H,5-9H2,1-2H3. The van der Waals surface area contributed by atoms with Crippen molar-refractivity contribution in [1.29, 1.82) is 0 Å². The fourth-order valence-corrected chi connectivity index (χ4v) is 6.04. The molecule has 0 bridgehead atoms. The molecule has 2 heterocycles. The Balaban J connectivity index is 2.21. The number of nitrogens with zero attached hydrogens (tertiary/aromatic N) is 1. The number of hydrogen-bond donors (Lipinski definition) is 0. The fourth-order valence-electron chi connectivity index (χ4n) is 2.58. The number of hydrogen-bond acceptors (Lipinski definition) is 3. The first-order valence-corrected chi connectivity index (χ1v) is 9.40. The Bertz CT molecular complexity index is 527. The Labute approximate surface area is 124 Å².